The summed E-state index contributed by atoms with van der Waals surface area (Å²) in [5.41, 5.74) is 1.27. The zero-order chi connectivity index (χ0) is 18.7. The number of amides is 1. The Morgan fingerprint density at radius 2 is 1.96 bits per heavy atom. The van der Waals surface area contributed by atoms with Gasteiger partial charge in [-0.3, -0.25) is 4.79 Å². The summed E-state index contributed by atoms with van der Waals surface area (Å²) in [7, 11) is 1.49. The number of methoxy groups -OCH3 is 1. The molecule has 26 heavy (non-hydrogen) atoms. The molecule has 1 aliphatic rings. The smallest absolute Gasteiger partial charge is 0.278 e. The van der Waals surface area contributed by atoms with Gasteiger partial charge in [0.15, 0.2) is 17.7 Å². The molecule has 1 heterocycles. The minimum Gasteiger partial charge on any atom is -0.381 e. The summed E-state index contributed by atoms with van der Waals surface area (Å²) in [5.74, 6) is -2.23. The van der Waals surface area contributed by atoms with Gasteiger partial charge in [0.2, 0.25) is 0 Å². The lowest BCUT2D eigenvalue weighted by Crippen LogP contribution is -2.47. The van der Waals surface area contributed by atoms with Crippen LogP contribution >= 0.6 is 0 Å². The van der Waals surface area contributed by atoms with E-state index < -0.39 is 29.7 Å². The van der Waals surface area contributed by atoms with Crippen LogP contribution in [-0.4, -0.2) is 41.5 Å². The van der Waals surface area contributed by atoms with Gasteiger partial charge in [0.05, 0.1) is 6.54 Å². The number of aliphatic hydroxyl groups is 1. The first kappa shape index (κ1) is 18.2. The first-order valence-electron chi connectivity index (χ1n) is 8.06. The van der Waals surface area contributed by atoms with Crippen molar-refractivity contribution in [1.82, 2.24) is 4.90 Å². The summed E-state index contributed by atoms with van der Waals surface area (Å²) in [5, 5.41) is 9.89. The van der Waals surface area contributed by atoms with Gasteiger partial charge in [-0.2, -0.15) is 4.99 Å². The molecule has 0 spiro atoms. The molecule has 0 saturated carbocycles. The second kappa shape index (κ2) is 7.72. The number of halogens is 2. The highest BCUT2D eigenvalue weighted by molar-refractivity contribution is 6.01. The summed E-state index contributed by atoms with van der Waals surface area (Å²) >= 11 is 0. The van der Waals surface area contributed by atoms with Crippen LogP contribution in [0.25, 0.3) is 0 Å². The van der Waals surface area contributed by atoms with Crippen molar-refractivity contribution in [2.45, 2.75) is 18.8 Å². The fourth-order valence-corrected chi connectivity index (χ4v) is 2.89. The molecule has 0 fully saturated rings. The lowest BCUT2D eigenvalue weighted by molar-refractivity contribution is -0.127. The third-order valence-corrected chi connectivity index (χ3v) is 4.16. The topological polar surface area (TPSA) is 62.1 Å². The monoisotopic (exact) mass is 360 g/mol. The zero-order valence-electron chi connectivity index (χ0n) is 14.1. The number of rotatable bonds is 5. The number of hydrogen-bond acceptors (Lipinski definition) is 4. The Balaban J connectivity index is 1.94. The lowest BCUT2D eigenvalue weighted by Gasteiger charge is -2.34. The standard InChI is InChI=1S/C19H18F2N2O3/c1-26-17(13-5-3-2-4-6-13)18-22-19(25)16(24)11-23(18)10-12-7-8-14(20)15(21)9-12/h2-9,16-17,24H,10-11H2,1H3. The molecule has 2 aromatic carbocycles. The Labute approximate surface area is 149 Å². The number of ether oxygens (including phenoxy) is 1. The molecule has 0 radical (unpaired) electrons. The maximum Gasteiger partial charge on any atom is 0.278 e. The Bertz CT molecular complexity index is 827. The second-order valence-electron chi connectivity index (χ2n) is 5.98. The molecule has 1 amide bonds. The lowest BCUT2D eigenvalue weighted by atomic mass is 10.0. The number of carbonyl (C=O) groups excluding carboxylic acids is 1. The van der Waals surface area contributed by atoms with Gasteiger partial charge in [-0.1, -0.05) is 36.4 Å². The molecule has 2 unspecified atom stereocenters. The van der Waals surface area contributed by atoms with Crippen molar-refractivity contribution < 1.29 is 23.4 Å². The number of β-amino-alcohol motifs (C(OH)–C–C–N with tert-alkyl or cyclic N) is 1. The molecule has 2 atom stereocenters. The van der Waals surface area contributed by atoms with E-state index in [1.807, 2.05) is 30.3 Å². The van der Waals surface area contributed by atoms with E-state index >= 15 is 0 Å². The Kier molecular flexibility index (Phi) is 5.39. The number of amidine groups is 1. The molecule has 0 aromatic heterocycles. The third kappa shape index (κ3) is 3.79. The molecule has 0 saturated heterocycles. The molecule has 136 valence electrons. The number of aliphatic hydroxyl groups excluding tert-OH is 1. The number of aliphatic imine (C=N–C) groups is 1. The van der Waals surface area contributed by atoms with Gasteiger partial charge in [-0.25, -0.2) is 8.78 Å². The van der Waals surface area contributed by atoms with E-state index in [4.69, 9.17) is 4.74 Å². The van der Waals surface area contributed by atoms with E-state index in [0.29, 0.717) is 11.4 Å². The van der Waals surface area contributed by atoms with Gasteiger partial charge in [-0.15, -0.1) is 0 Å². The van der Waals surface area contributed by atoms with E-state index in [2.05, 4.69) is 4.99 Å². The predicted octanol–water partition coefficient (Wildman–Crippen LogP) is 2.45. The molecule has 0 aliphatic carbocycles. The third-order valence-electron chi connectivity index (χ3n) is 4.16. The van der Waals surface area contributed by atoms with Gasteiger partial charge >= 0.3 is 0 Å². The summed E-state index contributed by atoms with van der Waals surface area (Å²) in [6.45, 7) is 0.135. The van der Waals surface area contributed by atoms with E-state index in [1.54, 1.807) is 4.90 Å². The molecule has 1 aliphatic heterocycles. The van der Waals surface area contributed by atoms with E-state index in [0.717, 1.165) is 17.7 Å². The molecule has 5 nitrogen and oxygen atoms in total. The van der Waals surface area contributed by atoms with Crippen molar-refractivity contribution in [1.29, 1.82) is 0 Å². The molecule has 3 rings (SSSR count). The highest BCUT2D eigenvalue weighted by Crippen LogP contribution is 2.25. The van der Waals surface area contributed by atoms with Crippen molar-refractivity contribution >= 4 is 11.7 Å². The first-order valence-corrected chi connectivity index (χ1v) is 8.06. The molecular weight excluding hydrogens is 342 g/mol. The van der Waals surface area contributed by atoms with Crippen molar-refractivity contribution in [2.75, 3.05) is 13.7 Å². The van der Waals surface area contributed by atoms with E-state index in [1.165, 1.54) is 13.2 Å². The summed E-state index contributed by atoms with van der Waals surface area (Å²) in [6.07, 6.45) is -1.91. The summed E-state index contributed by atoms with van der Waals surface area (Å²) in [6, 6.07) is 12.8. The normalized spacial score (nSPS) is 18.6. The van der Waals surface area contributed by atoms with Crippen LogP contribution in [-0.2, 0) is 16.1 Å². The minimum absolute atomic E-state index is 0.0106. The molecule has 7 heteroatoms. The zero-order valence-corrected chi connectivity index (χ0v) is 14.1. The molecule has 1 N–H and O–H groups in total. The Morgan fingerprint density at radius 1 is 1.23 bits per heavy atom. The van der Waals surface area contributed by atoms with E-state index in [-0.39, 0.29) is 13.1 Å². The van der Waals surface area contributed by atoms with Gasteiger partial charge in [0, 0.05) is 13.7 Å². The number of carbonyl (C=O) groups is 1. The average molecular weight is 360 g/mol. The van der Waals surface area contributed by atoms with Crippen LogP contribution in [0.5, 0.6) is 0 Å². The molecule has 2 aromatic rings. The first-order chi connectivity index (χ1) is 12.5. The number of hydrogen-bond donors (Lipinski definition) is 1. The Hall–Kier alpha value is -2.64. The average Bonchev–Trinajstić information content (AvgIpc) is 2.63. The Morgan fingerprint density at radius 3 is 2.62 bits per heavy atom. The van der Waals surface area contributed by atoms with Gasteiger partial charge < -0.3 is 14.7 Å². The highest BCUT2D eigenvalue weighted by Gasteiger charge is 2.33. The van der Waals surface area contributed by atoms with Crippen LogP contribution < -0.4 is 0 Å². The van der Waals surface area contributed by atoms with Crippen LogP contribution in [0.4, 0.5) is 8.78 Å². The molecule has 0 bridgehead atoms. The number of benzene rings is 2. The molecular formula is C19H18F2N2O3. The van der Waals surface area contributed by atoms with Crippen molar-refractivity contribution in [2.24, 2.45) is 4.99 Å². The largest absolute Gasteiger partial charge is 0.381 e. The van der Waals surface area contributed by atoms with Crippen LogP contribution in [0, 0.1) is 11.6 Å². The van der Waals surface area contributed by atoms with Crippen LogP contribution in [0.1, 0.15) is 17.2 Å². The quantitative estimate of drug-likeness (QED) is 0.890. The van der Waals surface area contributed by atoms with Crippen LogP contribution in [0.2, 0.25) is 0 Å². The summed E-state index contributed by atoms with van der Waals surface area (Å²) in [4.78, 5) is 17.6. The highest BCUT2D eigenvalue weighted by atomic mass is 19.2. The van der Waals surface area contributed by atoms with Crippen molar-refractivity contribution in [3.8, 4) is 0 Å². The van der Waals surface area contributed by atoms with Gasteiger partial charge in [-0.05, 0) is 23.3 Å². The van der Waals surface area contributed by atoms with Crippen molar-refractivity contribution in [3.63, 3.8) is 0 Å². The van der Waals surface area contributed by atoms with E-state index in [9.17, 15) is 18.7 Å². The van der Waals surface area contributed by atoms with Gasteiger partial charge in [0.25, 0.3) is 5.91 Å². The maximum atomic E-state index is 13.5. The number of nitrogens with zero attached hydrogens (tertiary/aromatic N) is 2. The predicted molar refractivity (Wildman–Crippen MR) is 91.4 cm³/mol. The SMILES string of the molecule is COC(C1=NC(=O)C(O)CN1Cc1ccc(F)c(F)c1)c1ccccc1. The minimum atomic E-state index is -1.28. The van der Waals surface area contributed by atoms with Crippen LogP contribution in [0.15, 0.2) is 53.5 Å². The second-order valence-corrected chi connectivity index (χ2v) is 5.98. The van der Waals surface area contributed by atoms with Crippen molar-refractivity contribution in [3.05, 3.63) is 71.3 Å². The van der Waals surface area contributed by atoms with Crippen LogP contribution in [0.3, 0.4) is 0 Å². The van der Waals surface area contributed by atoms with Gasteiger partial charge in [0.1, 0.15) is 11.9 Å². The fraction of sp³-hybridized carbons (Fsp3) is 0.263. The maximum absolute atomic E-state index is 13.5. The summed E-state index contributed by atoms with van der Waals surface area (Å²) < 4.78 is 32.2. The fourth-order valence-electron chi connectivity index (χ4n) is 2.89.